The number of amides is 2. The van der Waals surface area contributed by atoms with E-state index < -0.39 is 6.04 Å². The number of anilines is 1. The summed E-state index contributed by atoms with van der Waals surface area (Å²) < 4.78 is 1.84. The van der Waals surface area contributed by atoms with Gasteiger partial charge >= 0.3 is 0 Å². The largest absolute Gasteiger partial charge is 0.324 e. The number of fused-ring (bicyclic) bond motifs is 1. The Labute approximate surface area is 135 Å². The summed E-state index contributed by atoms with van der Waals surface area (Å²) in [6.07, 6.45) is 1.84. The van der Waals surface area contributed by atoms with Crippen molar-refractivity contribution in [2.75, 3.05) is 5.32 Å². The SMILES string of the molecule is CC(C)N1C(=O)C[n+]2ccccc2[C@@H]1C(=O)Nc1ccccc1. The Bertz CT molecular complexity index is 728. The molecule has 1 aromatic heterocycles. The summed E-state index contributed by atoms with van der Waals surface area (Å²) in [6, 6.07) is 14.3. The van der Waals surface area contributed by atoms with Gasteiger partial charge in [0.15, 0.2) is 12.2 Å². The predicted octanol–water partition coefficient (Wildman–Crippen LogP) is 1.90. The molecule has 3 rings (SSSR count). The quantitative estimate of drug-likeness (QED) is 0.881. The second kappa shape index (κ2) is 6.20. The highest BCUT2D eigenvalue weighted by atomic mass is 16.2. The topological polar surface area (TPSA) is 53.3 Å². The van der Waals surface area contributed by atoms with Gasteiger partial charge in [-0.3, -0.25) is 9.59 Å². The second-order valence-electron chi connectivity index (χ2n) is 5.91. The van der Waals surface area contributed by atoms with Crippen molar-refractivity contribution in [1.82, 2.24) is 4.90 Å². The molecule has 0 aliphatic carbocycles. The number of aromatic nitrogens is 1. The molecule has 1 aliphatic heterocycles. The number of hydrogen-bond donors (Lipinski definition) is 1. The molecule has 2 heterocycles. The summed E-state index contributed by atoms with van der Waals surface area (Å²) >= 11 is 0. The third kappa shape index (κ3) is 2.95. The van der Waals surface area contributed by atoms with Crippen LogP contribution in [0.5, 0.6) is 0 Å². The van der Waals surface area contributed by atoms with Crippen LogP contribution in [0, 0.1) is 0 Å². The Hall–Kier alpha value is -2.69. The van der Waals surface area contributed by atoms with E-state index in [0.717, 1.165) is 11.4 Å². The van der Waals surface area contributed by atoms with Crippen LogP contribution in [0.2, 0.25) is 0 Å². The molecule has 0 radical (unpaired) electrons. The number of para-hydroxylation sites is 1. The summed E-state index contributed by atoms with van der Waals surface area (Å²) in [5, 5.41) is 2.91. The summed E-state index contributed by atoms with van der Waals surface area (Å²) in [6.45, 7) is 4.13. The van der Waals surface area contributed by atoms with Gasteiger partial charge in [-0.1, -0.05) is 24.3 Å². The van der Waals surface area contributed by atoms with E-state index in [1.807, 2.05) is 73.1 Å². The molecule has 0 unspecified atom stereocenters. The minimum absolute atomic E-state index is 0.0445. The number of rotatable bonds is 3. The fourth-order valence-corrected chi connectivity index (χ4v) is 2.97. The summed E-state index contributed by atoms with van der Waals surface area (Å²) in [7, 11) is 0. The molecule has 1 atom stereocenters. The first kappa shape index (κ1) is 15.2. The molecule has 0 fully saturated rings. The average Bonchev–Trinajstić information content (AvgIpc) is 2.54. The Balaban J connectivity index is 1.98. The fraction of sp³-hybridized carbons (Fsp3) is 0.278. The normalized spacial score (nSPS) is 17.1. The average molecular weight is 310 g/mol. The molecule has 2 aromatic rings. The molecule has 0 spiro atoms. The van der Waals surface area contributed by atoms with Crippen LogP contribution in [0.15, 0.2) is 54.7 Å². The van der Waals surface area contributed by atoms with Gasteiger partial charge in [0, 0.05) is 23.9 Å². The van der Waals surface area contributed by atoms with Crippen molar-refractivity contribution in [2.45, 2.75) is 32.5 Å². The first-order chi connectivity index (χ1) is 11.1. The predicted molar refractivity (Wildman–Crippen MR) is 86.4 cm³/mol. The van der Waals surface area contributed by atoms with Crippen LogP contribution < -0.4 is 9.88 Å². The Morgan fingerprint density at radius 1 is 1.17 bits per heavy atom. The van der Waals surface area contributed by atoms with Crippen molar-refractivity contribution in [2.24, 2.45) is 0 Å². The zero-order valence-electron chi connectivity index (χ0n) is 13.3. The maximum absolute atomic E-state index is 12.9. The summed E-state index contributed by atoms with van der Waals surface area (Å²) in [4.78, 5) is 27.0. The van der Waals surface area contributed by atoms with Gasteiger partial charge < -0.3 is 10.2 Å². The molecule has 118 valence electrons. The van der Waals surface area contributed by atoms with Gasteiger partial charge in [-0.15, -0.1) is 0 Å². The smallest absolute Gasteiger partial charge is 0.289 e. The lowest BCUT2D eigenvalue weighted by Gasteiger charge is -2.35. The Morgan fingerprint density at radius 2 is 1.87 bits per heavy atom. The van der Waals surface area contributed by atoms with Crippen LogP contribution in [0.4, 0.5) is 5.69 Å². The number of pyridine rings is 1. The van der Waals surface area contributed by atoms with Gasteiger partial charge in [0.25, 0.3) is 11.8 Å². The molecule has 2 amide bonds. The molecule has 0 saturated carbocycles. The molecule has 5 nitrogen and oxygen atoms in total. The molecule has 0 saturated heterocycles. The third-order valence-electron chi connectivity index (χ3n) is 3.97. The number of benzene rings is 1. The maximum Gasteiger partial charge on any atom is 0.289 e. The van der Waals surface area contributed by atoms with Crippen molar-refractivity contribution in [1.29, 1.82) is 0 Å². The van der Waals surface area contributed by atoms with E-state index in [1.165, 1.54) is 0 Å². The van der Waals surface area contributed by atoms with E-state index >= 15 is 0 Å². The highest BCUT2D eigenvalue weighted by molar-refractivity contribution is 5.97. The summed E-state index contributed by atoms with van der Waals surface area (Å²) in [5.74, 6) is -0.241. The Kier molecular flexibility index (Phi) is 4.10. The van der Waals surface area contributed by atoms with Crippen LogP contribution in [0.3, 0.4) is 0 Å². The third-order valence-corrected chi connectivity index (χ3v) is 3.97. The monoisotopic (exact) mass is 310 g/mol. The minimum atomic E-state index is -0.627. The lowest BCUT2D eigenvalue weighted by Crippen LogP contribution is -2.59. The number of carbonyl (C=O) groups excluding carboxylic acids is 2. The van der Waals surface area contributed by atoms with Gasteiger partial charge in [0.1, 0.15) is 0 Å². The molecule has 1 N–H and O–H groups in total. The van der Waals surface area contributed by atoms with Crippen molar-refractivity contribution in [3.63, 3.8) is 0 Å². The highest BCUT2D eigenvalue weighted by Gasteiger charge is 2.43. The van der Waals surface area contributed by atoms with Crippen LogP contribution in [-0.4, -0.2) is 22.8 Å². The second-order valence-corrected chi connectivity index (χ2v) is 5.91. The lowest BCUT2D eigenvalue weighted by atomic mass is 10.0. The van der Waals surface area contributed by atoms with E-state index in [2.05, 4.69) is 5.32 Å². The van der Waals surface area contributed by atoms with Crippen LogP contribution in [0.25, 0.3) is 0 Å². The number of carbonyl (C=O) groups is 2. The van der Waals surface area contributed by atoms with Crippen LogP contribution in [-0.2, 0) is 16.1 Å². The van der Waals surface area contributed by atoms with Gasteiger partial charge in [-0.05, 0) is 26.0 Å². The fourth-order valence-electron chi connectivity index (χ4n) is 2.97. The molecule has 1 aliphatic rings. The summed E-state index contributed by atoms with van der Waals surface area (Å²) in [5.41, 5.74) is 1.55. The maximum atomic E-state index is 12.9. The Morgan fingerprint density at radius 3 is 2.57 bits per heavy atom. The standard InChI is InChI=1S/C18H19N3O2/c1-13(2)21-16(22)12-20-11-7-6-10-15(20)17(21)18(23)19-14-8-4-3-5-9-14/h3-11,13,17H,12H2,1-2H3/p+1/t17-/m1/s1. The minimum Gasteiger partial charge on any atom is -0.324 e. The molecule has 1 aromatic carbocycles. The number of nitrogens with one attached hydrogen (secondary N) is 1. The lowest BCUT2D eigenvalue weighted by molar-refractivity contribution is -0.699. The highest BCUT2D eigenvalue weighted by Crippen LogP contribution is 2.25. The zero-order valence-corrected chi connectivity index (χ0v) is 13.3. The molecular weight excluding hydrogens is 290 g/mol. The first-order valence-electron chi connectivity index (χ1n) is 7.73. The van der Waals surface area contributed by atoms with Crippen LogP contribution >= 0.6 is 0 Å². The van der Waals surface area contributed by atoms with Gasteiger partial charge in [0.2, 0.25) is 12.2 Å². The van der Waals surface area contributed by atoms with E-state index in [4.69, 9.17) is 0 Å². The van der Waals surface area contributed by atoms with Gasteiger partial charge in [-0.25, -0.2) is 0 Å². The van der Waals surface area contributed by atoms with E-state index in [-0.39, 0.29) is 24.4 Å². The number of nitrogens with zero attached hydrogens (tertiary/aromatic N) is 2. The van der Waals surface area contributed by atoms with Crippen molar-refractivity contribution < 1.29 is 14.2 Å². The van der Waals surface area contributed by atoms with Crippen molar-refractivity contribution in [3.05, 3.63) is 60.4 Å². The molecule has 5 heteroatoms. The first-order valence-corrected chi connectivity index (χ1v) is 7.73. The van der Waals surface area contributed by atoms with Gasteiger partial charge in [0.05, 0.1) is 0 Å². The van der Waals surface area contributed by atoms with E-state index in [1.54, 1.807) is 4.90 Å². The van der Waals surface area contributed by atoms with Crippen LogP contribution in [0.1, 0.15) is 25.6 Å². The van der Waals surface area contributed by atoms with Gasteiger partial charge in [-0.2, -0.15) is 4.57 Å². The molecular formula is C18H20N3O2+. The van der Waals surface area contributed by atoms with Crippen molar-refractivity contribution in [3.8, 4) is 0 Å². The number of hydrogen-bond acceptors (Lipinski definition) is 2. The van der Waals surface area contributed by atoms with E-state index in [0.29, 0.717) is 0 Å². The molecule has 0 bridgehead atoms. The zero-order chi connectivity index (χ0) is 16.4. The van der Waals surface area contributed by atoms with E-state index in [9.17, 15) is 9.59 Å². The van der Waals surface area contributed by atoms with Crippen molar-refractivity contribution >= 4 is 17.5 Å². The molecule has 23 heavy (non-hydrogen) atoms.